The number of aliphatic carboxylic acids is 1. The third-order valence-corrected chi connectivity index (χ3v) is 3.29. The Morgan fingerprint density at radius 3 is 2.89 bits per heavy atom. The van der Waals surface area contributed by atoms with Crippen LogP contribution in [0, 0.1) is 5.92 Å². The normalized spacial score (nSPS) is 19.4. The molecule has 0 bridgehead atoms. The molecule has 2 amide bonds. The largest absolute Gasteiger partial charge is 0.481 e. The smallest absolute Gasteiger partial charge is 0.320 e. The minimum Gasteiger partial charge on any atom is -0.481 e. The fourth-order valence-corrected chi connectivity index (χ4v) is 2.32. The highest BCUT2D eigenvalue weighted by atomic mass is 16.4. The first-order valence-corrected chi connectivity index (χ1v) is 6.37. The van der Waals surface area contributed by atoms with Crippen LogP contribution in [0.2, 0.25) is 0 Å². The summed E-state index contributed by atoms with van der Waals surface area (Å²) in [6.07, 6.45) is 4.52. The number of likely N-dealkylation sites (N-methyl/N-ethyl adjacent to an activating group) is 1. The van der Waals surface area contributed by atoms with Gasteiger partial charge in [0, 0.05) is 33.1 Å². The number of carboxylic acid groups (broad SMARTS) is 1. The van der Waals surface area contributed by atoms with Gasteiger partial charge in [0.25, 0.3) is 0 Å². The van der Waals surface area contributed by atoms with Crippen molar-refractivity contribution < 1.29 is 14.7 Å². The summed E-state index contributed by atoms with van der Waals surface area (Å²) in [5.74, 6) is -0.446. The lowest BCUT2D eigenvalue weighted by atomic mass is 9.93. The molecule has 1 rings (SSSR count). The molecular formula is C13H22N2O3. The summed E-state index contributed by atoms with van der Waals surface area (Å²) in [5.41, 5.74) is 0. The number of likely N-dealkylation sites (tertiary alicyclic amines) is 1. The molecule has 18 heavy (non-hydrogen) atoms. The van der Waals surface area contributed by atoms with Gasteiger partial charge in [-0.05, 0) is 25.2 Å². The summed E-state index contributed by atoms with van der Waals surface area (Å²) in [6.45, 7) is 5.59. The number of nitrogens with zero attached hydrogens (tertiary/aromatic N) is 2. The van der Waals surface area contributed by atoms with Crippen LogP contribution in [0.25, 0.3) is 0 Å². The molecule has 0 radical (unpaired) electrons. The first-order valence-electron chi connectivity index (χ1n) is 6.37. The van der Waals surface area contributed by atoms with Crippen LogP contribution in [0.3, 0.4) is 0 Å². The minimum atomic E-state index is -0.762. The van der Waals surface area contributed by atoms with E-state index in [1.54, 1.807) is 18.0 Å². The highest BCUT2D eigenvalue weighted by molar-refractivity contribution is 5.74. The maximum atomic E-state index is 12.1. The molecule has 102 valence electrons. The first-order chi connectivity index (χ1) is 8.54. The molecule has 0 aromatic carbocycles. The number of rotatable bonds is 5. The van der Waals surface area contributed by atoms with Crippen LogP contribution in [0.4, 0.5) is 4.79 Å². The number of carbonyl (C=O) groups is 2. The summed E-state index contributed by atoms with van der Waals surface area (Å²) in [4.78, 5) is 26.1. The van der Waals surface area contributed by atoms with Gasteiger partial charge >= 0.3 is 12.0 Å². The maximum Gasteiger partial charge on any atom is 0.320 e. The Labute approximate surface area is 108 Å². The maximum absolute atomic E-state index is 12.1. The van der Waals surface area contributed by atoms with Crippen molar-refractivity contribution in [3.8, 4) is 0 Å². The molecule has 0 aliphatic carbocycles. The van der Waals surface area contributed by atoms with Gasteiger partial charge in [0.15, 0.2) is 0 Å². The van der Waals surface area contributed by atoms with Crippen LogP contribution >= 0.6 is 0 Å². The summed E-state index contributed by atoms with van der Waals surface area (Å²) in [5, 5.41) is 8.68. The molecule has 1 aliphatic rings. The van der Waals surface area contributed by atoms with Crippen molar-refractivity contribution in [1.29, 1.82) is 0 Å². The van der Waals surface area contributed by atoms with Crippen molar-refractivity contribution in [1.82, 2.24) is 9.80 Å². The van der Waals surface area contributed by atoms with Crippen LogP contribution in [0.5, 0.6) is 0 Å². The number of amides is 2. The molecule has 0 saturated carbocycles. The lowest BCUT2D eigenvalue weighted by Gasteiger charge is -2.35. The zero-order valence-corrected chi connectivity index (χ0v) is 11.0. The van der Waals surface area contributed by atoms with E-state index < -0.39 is 5.97 Å². The topological polar surface area (TPSA) is 60.9 Å². The number of piperidine rings is 1. The fraction of sp³-hybridized carbons (Fsp3) is 0.692. The Kier molecular flexibility index (Phi) is 5.68. The predicted molar refractivity (Wildman–Crippen MR) is 69.4 cm³/mol. The molecule has 1 saturated heterocycles. The number of hydrogen-bond donors (Lipinski definition) is 1. The predicted octanol–water partition coefficient (Wildman–Crippen LogP) is 1.80. The lowest BCUT2D eigenvalue weighted by Crippen LogP contribution is -2.46. The third-order valence-electron chi connectivity index (χ3n) is 3.29. The monoisotopic (exact) mass is 254 g/mol. The Hall–Kier alpha value is -1.52. The molecule has 1 N–H and O–H groups in total. The van der Waals surface area contributed by atoms with E-state index >= 15 is 0 Å². The van der Waals surface area contributed by atoms with E-state index in [2.05, 4.69) is 6.58 Å². The minimum absolute atomic E-state index is 0.00919. The number of carboxylic acids is 1. The second-order valence-electron chi connectivity index (χ2n) is 4.84. The van der Waals surface area contributed by atoms with E-state index in [0.29, 0.717) is 25.4 Å². The van der Waals surface area contributed by atoms with Gasteiger partial charge < -0.3 is 14.9 Å². The van der Waals surface area contributed by atoms with Gasteiger partial charge in [-0.15, -0.1) is 6.58 Å². The summed E-state index contributed by atoms with van der Waals surface area (Å²) >= 11 is 0. The van der Waals surface area contributed by atoms with E-state index in [1.807, 2.05) is 4.90 Å². The molecule has 0 spiro atoms. The second kappa shape index (κ2) is 7.03. The summed E-state index contributed by atoms with van der Waals surface area (Å²) in [6, 6.07) is 0.00919. The average Bonchev–Trinajstić information content (AvgIpc) is 2.36. The SMILES string of the molecule is C=CCN(C)C(=O)N1CCCC(CCC(=O)O)C1. The van der Waals surface area contributed by atoms with Gasteiger partial charge in [0.1, 0.15) is 0 Å². The second-order valence-corrected chi connectivity index (χ2v) is 4.84. The summed E-state index contributed by atoms with van der Waals surface area (Å²) < 4.78 is 0. The molecular weight excluding hydrogens is 232 g/mol. The van der Waals surface area contributed by atoms with E-state index in [9.17, 15) is 9.59 Å². The average molecular weight is 254 g/mol. The van der Waals surface area contributed by atoms with Gasteiger partial charge in [-0.2, -0.15) is 0 Å². The van der Waals surface area contributed by atoms with E-state index in [-0.39, 0.29) is 12.5 Å². The zero-order chi connectivity index (χ0) is 13.5. The molecule has 5 nitrogen and oxygen atoms in total. The van der Waals surface area contributed by atoms with E-state index in [1.165, 1.54) is 0 Å². The molecule has 1 heterocycles. The van der Waals surface area contributed by atoms with Gasteiger partial charge in [0.2, 0.25) is 0 Å². The summed E-state index contributed by atoms with van der Waals surface area (Å²) in [7, 11) is 1.75. The van der Waals surface area contributed by atoms with Crippen LogP contribution in [0.1, 0.15) is 25.7 Å². The van der Waals surface area contributed by atoms with Crippen LogP contribution in [-0.4, -0.2) is 53.6 Å². The van der Waals surface area contributed by atoms with Crippen LogP contribution < -0.4 is 0 Å². The van der Waals surface area contributed by atoms with Crippen molar-refractivity contribution in [2.24, 2.45) is 5.92 Å². The van der Waals surface area contributed by atoms with Gasteiger partial charge in [0.05, 0.1) is 0 Å². The van der Waals surface area contributed by atoms with E-state index in [0.717, 1.165) is 19.4 Å². The number of carbonyl (C=O) groups excluding carboxylic acids is 1. The molecule has 0 aromatic heterocycles. The Balaban J connectivity index is 2.44. The Morgan fingerprint density at radius 2 is 2.28 bits per heavy atom. The molecule has 1 unspecified atom stereocenters. The molecule has 1 fully saturated rings. The van der Waals surface area contributed by atoms with Crippen molar-refractivity contribution in [2.45, 2.75) is 25.7 Å². The van der Waals surface area contributed by atoms with E-state index in [4.69, 9.17) is 5.11 Å². The lowest BCUT2D eigenvalue weighted by molar-refractivity contribution is -0.137. The fourth-order valence-electron chi connectivity index (χ4n) is 2.32. The highest BCUT2D eigenvalue weighted by Crippen LogP contribution is 2.21. The van der Waals surface area contributed by atoms with Crippen molar-refractivity contribution in [3.63, 3.8) is 0 Å². The number of hydrogen-bond acceptors (Lipinski definition) is 2. The van der Waals surface area contributed by atoms with Gasteiger partial charge in [-0.3, -0.25) is 4.79 Å². The molecule has 5 heteroatoms. The Bertz CT molecular complexity index is 317. The molecule has 0 aromatic rings. The quantitative estimate of drug-likeness (QED) is 0.761. The molecule has 1 aliphatic heterocycles. The van der Waals surface area contributed by atoms with Crippen LogP contribution in [0.15, 0.2) is 12.7 Å². The number of urea groups is 1. The highest BCUT2D eigenvalue weighted by Gasteiger charge is 2.25. The van der Waals surface area contributed by atoms with Crippen LogP contribution in [-0.2, 0) is 4.79 Å². The van der Waals surface area contributed by atoms with Gasteiger partial charge in [-0.25, -0.2) is 4.79 Å². The van der Waals surface area contributed by atoms with Crippen molar-refractivity contribution in [2.75, 3.05) is 26.7 Å². The first kappa shape index (κ1) is 14.5. The third kappa shape index (κ3) is 4.39. The van der Waals surface area contributed by atoms with Crippen molar-refractivity contribution >= 4 is 12.0 Å². The Morgan fingerprint density at radius 1 is 1.56 bits per heavy atom. The van der Waals surface area contributed by atoms with Crippen molar-refractivity contribution in [3.05, 3.63) is 12.7 Å². The standard InChI is InChI=1S/C13H22N2O3/c1-3-8-14(2)13(18)15-9-4-5-11(10-15)6-7-12(16)17/h3,11H,1,4-10H2,2H3,(H,16,17). The zero-order valence-electron chi connectivity index (χ0n) is 11.0. The molecule has 1 atom stereocenters. The van der Waals surface area contributed by atoms with Gasteiger partial charge in [-0.1, -0.05) is 6.08 Å².